The van der Waals surface area contributed by atoms with Crippen molar-refractivity contribution in [1.29, 1.82) is 0 Å². The molecule has 1 heterocycles. The number of rotatable bonds is 4. The van der Waals surface area contributed by atoms with Crippen LogP contribution < -0.4 is 0 Å². The minimum Gasteiger partial charge on any atom is -0.481 e. The number of fused-ring (bicyclic) bond motifs is 1. The zero-order chi connectivity index (χ0) is 19.5. The van der Waals surface area contributed by atoms with Gasteiger partial charge in [0.25, 0.3) is 0 Å². The summed E-state index contributed by atoms with van der Waals surface area (Å²) in [5.74, 6) is -1.90. The number of carboxylic acid groups (broad SMARTS) is 1. The lowest BCUT2D eigenvalue weighted by Crippen LogP contribution is -2.06. The lowest BCUT2D eigenvalue weighted by molar-refractivity contribution is -0.138. The van der Waals surface area contributed by atoms with E-state index in [1.54, 1.807) is 25.1 Å². The molecule has 1 aliphatic carbocycles. The van der Waals surface area contributed by atoms with Crippen LogP contribution in [-0.2, 0) is 4.79 Å². The highest BCUT2D eigenvalue weighted by Crippen LogP contribution is 2.53. The SMILES string of the molecule is Cc1cc(-n2c(C(C)C)c(C3CC3C(=O)O)c3cc(F)ccc32)ccc1F. The highest BCUT2D eigenvalue weighted by molar-refractivity contribution is 5.90. The van der Waals surface area contributed by atoms with Crippen molar-refractivity contribution < 1.29 is 18.7 Å². The summed E-state index contributed by atoms with van der Waals surface area (Å²) in [7, 11) is 0. The summed E-state index contributed by atoms with van der Waals surface area (Å²) in [5.41, 5.74) is 4.02. The largest absolute Gasteiger partial charge is 0.481 e. The monoisotopic (exact) mass is 369 g/mol. The van der Waals surface area contributed by atoms with E-state index in [0.29, 0.717) is 12.0 Å². The van der Waals surface area contributed by atoms with Crippen LogP contribution in [0.15, 0.2) is 36.4 Å². The first-order valence-corrected chi connectivity index (χ1v) is 9.12. The maximum Gasteiger partial charge on any atom is 0.307 e. The number of halogens is 2. The van der Waals surface area contributed by atoms with Crippen LogP contribution >= 0.6 is 0 Å². The number of hydrogen-bond acceptors (Lipinski definition) is 1. The first-order valence-electron chi connectivity index (χ1n) is 9.12. The van der Waals surface area contributed by atoms with E-state index >= 15 is 0 Å². The summed E-state index contributed by atoms with van der Waals surface area (Å²) in [6, 6.07) is 9.53. The van der Waals surface area contributed by atoms with E-state index in [1.807, 2.05) is 18.4 Å². The van der Waals surface area contributed by atoms with Crippen LogP contribution in [0.1, 0.15) is 48.9 Å². The lowest BCUT2D eigenvalue weighted by atomic mass is 9.98. The molecule has 1 fully saturated rings. The van der Waals surface area contributed by atoms with Crippen molar-refractivity contribution in [3.8, 4) is 5.69 Å². The third kappa shape index (κ3) is 2.82. The predicted molar refractivity (Wildman–Crippen MR) is 101 cm³/mol. The first kappa shape index (κ1) is 17.7. The average molecular weight is 369 g/mol. The Bertz CT molecular complexity index is 1070. The Morgan fingerprint density at radius 2 is 1.93 bits per heavy atom. The van der Waals surface area contributed by atoms with Gasteiger partial charge < -0.3 is 9.67 Å². The Balaban J connectivity index is 2.05. The molecule has 1 saturated carbocycles. The number of carboxylic acids is 1. The predicted octanol–water partition coefficient (Wildman–Crippen LogP) is 5.53. The van der Waals surface area contributed by atoms with E-state index in [9.17, 15) is 18.7 Å². The summed E-state index contributed by atoms with van der Waals surface area (Å²) >= 11 is 0. The van der Waals surface area contributed by atoms with Crippen LogP contribution in [-0.4, -0.2) is 15.6 Å². The van der Waals surface area contributed by atoms with Gasteiger partial charge in [-0.3, -0.25) is 4.79 Å². The molecule has 3 nitrogen and oxygen atoms in total. The van der Waals surface area contributed by atoms with Gasteiger partial charge in [-0.2, -0.15) is 0 Å². The standard InChI is InChI=1S/C22H21F2NO2/c1-11(2)21-20(15-10-16(15)22(26)27)17-9-13(23)4-7-19(17)25(21)14-5-6-18(24)12(3)8-14/h4-9,11,15-16H,10H2,1-3H3,(H,26,27). The van der Waals surface area contributed by atoms with Crippen LogP contribution in [0.3, 0.4) is 0 Å². The van der Waals surface area contributed by atoms with E-state index in [2.05, 4.69) is 0 Å². The highest BCUT2D eigenvalue weighted by atomic mass is 19.1. The van der Waals surface area contributed by atoms with E-state index in [1.165, 1.54) is 18.2 Å². The molecule has 1 aliphatic rings. The second-order valence-corrected chi connectivity index (χ2v) is 7.67. The lowest BCUT2D eigenvalue weighted by Gasteiger charge is -2.16. The number of benzene rings is 2. The number of hydrogen-bond donors (Lipinski definition) is 1. The number of aryl methyl sites for hydroxylation is 1. The molecule has 2 aromatic carbocycles. The minimum absolute atomic E-state index is 0.0934. The summed E-state index contributed by atoms with van der Waals surface area (Å²) in [5, 5.41) is 10.2. The number of aromatic nitrogens is 1. The minimum atomic E-state index is -0.815. The number of nitrogens with zero attached hydrogens (tertiary/aromatic N) is 1. The summed E-state index contributed by atoms with van der Waals surface area (Å²) < 4.78 is 29.9. The molecule has 0 amide bonds. The van der Waals surface area contributed by atoms with Gasteiger partial charge in [0.1, 0.15) is 11.6 Å². The first-order chi connectivity index (χ1) is 12.8. The Kier molecular flexibility index (Phi) is 4.06. The third-order valence-electron chi connectivity index (χ3n) is 5.43. The Morgan fingerprint density at radius 1 is 1.19 bits per heavy atom. The molecule has 0 bridgehead atoms. The van der Waals surface area contributed by atoms with Gasteiger partial charge in [0.05, 0.1) is 11.4 Å². The van der Waals surface area contributed by atoms with Gasteiger partial charge in [-0.05, 0) is 66.8 Å². The molecule has 5 heteroatoms. The zero-order valence-corrected chi connectivity index (χ0v) is 15.5. The van der Waals surface area contributed by atoms with Crippen LogP contribution in [0.5, 0.6) is 0 Å². The molecule has 0 saturated heterocycles. The van der Waals surface area contributed by atoms with Crippen LogP contribution in [0.2, 0.25) is 0 Å². The molecular weight excluding hydrogens is 348 g/mol. The van der Waals surface area contributed by atoms with Gasteiger partial charge in [0.2, 0.25) is 0 Å². The fraction of sp³-hybridized carbons (Fsp3) is 0.318. The molecular formula is C22H21F2NO2. The Labute approximate surface area is 156 Å². The molecule has 0 spiro atoms. The van der Waals surface area contributed by atoms with Crippen LogP contribution in [0.4, 0.5) is 8.78 Å². The van der Waals surface area contributed by atoms with Gasteiger partial charge >= 0.3 is 5.97 Å². The fourth-order valence-corrected chi connectivity index (χ4v) is 4.10. The quantitative estimate of drug-likeness (QED) is 0.657. The molecule has 4 rings (SSSR count). The number of carbonyl (C=O) groups is 1. The van der Waals surface area contributed by atoms with E-state index in [4.69, 9.17) is 0 Å². The van der Waals surface area contributed by atoms with Crippen molar-refractivity contribution in [2.75, 3.05) is 0 Å². The molecule has 27 heavy (non-hydrogen) atoms. The van der Waals surface area contributed by atoms with Gasteiger partial charge in [-0.15, -0.1) is 0 Å². The molecule has 2 unspecified atom stereocenters. The second kappa shape index (κ2) is 6.19. The van der Waals surface area contributed by atoms with E-state index in [-0.39, 0.29) is 23.5 Å². The second-order valence-electron chi connectivity index (χ2n) is 7.67. The van der Waals surface area contributed by atoms with Gasteiger partial charge in [-0.1, -0.05) is 13.8 Å². The van der Waals surface area contributed by atoms with Crippen molar-refractivity contribution in [2.24, 2.45) is 5.92 Å². The Morgan fingerprint density at radius 3 is 2.52 bits per heavy atom. The normalized spacial score (nSPS) is 19.0. The molecule has 2 atom stereocenters. The maximum atomic E-state index is 14.0. The molecule has 3 aromatic rings. The van der Waals surface area contributed by atoms with E-state index < -0.39 is 11.9 Å². The van der Waals surface area contributed by atoms with Gasteiger partial charge in [0.15, 0.2) is 0 Å². The van der Waals surface area contributed by atoms with Crippen LogP contribution in [0.25, 0.3) is 16.6 Å². The molecule has 0 radical (unpaired) electrons. The summed E-state index contributed by atoms with van der Waals surface area (Å²) in [6.07, 6.45) is 0.563. The van der Waals surface area contributed by atoms with Gasteiger partial charge in [-0.25, -0.2) is 8.78 Å². The summed E-state index contributed by atoms with van der Waals surface area (Å²) in [6.45, 7) is 5.79. The fourth-order valence-electron chi connectivity index (χ4n) is 4.10. The molecule has 140 valence electrons. The van der Waals surface area contributed by atoms with Crippen molar-refractivity contribution in [2.45, 2.75) is 39.0 Å². The van der Waals surface area contributed by atoms with Crippen molar-refractivity contribution >= 4 is 16.9 Å². The van der Waals surface area contributed by atoms with E-state index in [0.717, 1.165) is 27.8 Å². The van der Waals surface area contributed by atoms with Crippen molar-refractivity contribution in [1.82, 2.24) is 4.57 Å². The Hall–Kier alpha value is -2.69. The van der Waals surface area contributed by atoms with Gasteiger partial charge in [0, 0.05) is 22.7 Å². The summed E-state index contributed by atoms with van der Waals surface area (Å²) in [4.78, 5) is 11.5. The third-order valence-corrected chi connectivity index (χ3v) is 5.43. The molecule has 0 aliphatic heterocycles. The van der Waals surface area contributed by atoms with Crippen molar-refractivity contribution in [3.63, 3.8) is 0 Å². The number of aliphatic carboxylic acids is 1. The molecule has 1 aromatic heterocycles. The zero-order valence-electron chi connectivity index (χ0n) is 15.5. The van der Waals surface area contributed by atoms with Crippen molar-refractivity contribution in [3.05, 3.63) is 64.9 Å². The maximum absolute atomic E-state index is 14.0. The van der Waals surface area contributed by atoms with Crippen LogP contribution in [0, 0.1) is 24.5 Å². The topological polar surface area (TPSA) is 42.2 Å². The molecule has 1 N–H and O–H groups in total. The smallest absolute Gasteiger partial charge is 0.307 e. The average Bonchev–Trinajstić information content (AvgIpc) is 3.32. The highest BCUT2D eigenvalue weighted by Gasteiger charge is 2.47.